The average Bonchev–Trinajstić information content (AvgIpc) is 2.23. The van der Waals surface area contributed by atoms with Crippen molar-refractivity contribution in [3.63, 3.8) is 0 Å². The van der Waals surface area contributed by atoms with Gasteiger partial charge in [-0.25, -0.2) is 8.78 Å². The summed E-state index contributed by atoms with van der Waals surface area (Å²) in [6.07, 6.45) is 1.04. The van der Waals surface area contributed by atoms with E-state index in [1.807, 2.05) is 6.92 Å². The Balaban J connectivity index is 2.75. The number of aryl methyl sites for hydroxylation is 1. The van der Waals surface area contributed by atoms with Crippen LogP contribution in [0.5, 0.6) is 0 Å². The van der Waals surface area contributed by atoms with Crippen molar-refractivity contribution in [2.75, 3.05) is 13.1 Å². The highest BCUT2D eigenvalue weighted by atomic mass is 19.1. The molecule has 0 fully saturated rings. The van der Waals surface area contributed by atoms with Crippen LogP contribution in [-0.4, -0.2) is 13.1 Å². The molecule has 1 aromatic carbocycles. The van der Waals surface area contributed by atoms with Gasteiger partial charge in [0.1, 0.15) is 11.6 Å². The summed E-state index contributed by atoms with van der Waals surface area (Å²) >= 11 is 0. The van der Waals surface area contributed by atoms with Gasteiger partial charge in [0.15, 0.2) is 0 Å². The van der Waals surface area contributed by atoms with E-state index in [2.05, 4.69) is 12.2 Å². The zero-order chi connectivity index (χ0) is 12.1. The second-order valence-corrected chi connectivity index (χ2v) is 4.23. The van der Waals surface area contributed by atoms with E-state index < -0.39 is 0 Å². The van der Waals surface area contributed by atoms with Gasteiger partial charge in [-0.3, -0.25) is 0 Å². The van der Waals surface area contributed by atoms with Crippen LogP contribution in [0.1, 0.15) is 37.3 Å². The highest BCUT2D eigenvalue weighted by molar-refractivity contribution is 5.27. The predicted octanol–water partition coefficient (Wildman–Crippen LogP) is 3.38. The highest BCUT2D eigenvalue weighted by Crippen LogP contribution is 2.21. The molecule has 0 aliphatic heterocycles. The standard InChI is InChI=1S/C13H19F2N/c1-4-5-16-8-10(3)11-7-12(14)9(2)6-13(11)15/h6-7,10,16H,4-5,8H2,1-3H3. The Labute approximate surface area is 95.9 Å². The lowest BCUT2D eigenvalue weighted by Gasteiger charge is -2.14. The molecule has 0 spiro atoms. The van der Waals surface area contributed by atoms with Gasteiger partial charge in [0, 0.05) is 6.54 Å². The minimum absolute atomic E-state index is 0.0124. The Morgan fingerprint density at radius 3 is 2.56 bits per heavy atom. The quantitative estimate of drug-likeness (QED) is 0.760. The Kier molecular flexibility index (Phi) is 4.87. The van der Waals surface area contributed by atoms with Gasteiger partial charge in [-0.2, -0.15) is 0 Å². The van der Waals surface area contributed by atoms with Gasteiger partial charge in [0.05, 0.1) is 0 Å². The lowest BCUT2D eigenvalue weighted by Crippen LogP contribution is -2.21. The molecule has 1 atom stereocenters. The number of hydrogen-bond acceptors (Lipinski definition) is 1. The molecule has 0 amide bonds. The zero-order valence-electron chi connectivity index (χ0n) is 10.1. The second-order valence-electron chi connectivity index (χ2n) is 4.23. The molecule has 0 saturated heterocycles. The molecular weight excluding hydrogens is 208 g/mol. The normalized spacial score (nSPS) is 12.8. The van der Waals surface area contributed by atoms with Crippen LogP contribution in [0.4, 0.5) is 8.78 Å². The first-order valence-electron chi connectivity index (χ1n) is 5.72. The average molecular weight is 227 g/mol. The Hall–Kier alpha value is -0.960. The van der Waals surface area contributed by atoms with E-state index in [0.29, 0.717) is 17.7 Å². The van der Waals surface area contributed by atoms with Crippen molar-refractivity contribution < 1.29 is 8.78 Å². The molecule has 0 heterocycles. The molecule has 0 aliphatic carbocycles. The van der Waals surface area contributed by atoms with E-state index >= 15 is 0 Å². The Bertz CT molecular complexity index is 350. The summed E-state index contributed by atoms with van der Waals surface area (Å²) in [4.78, 5) is 0. The first-order chi connectivity index (χ1) is 7.56. The van der Waals surface area contributed by atoms with Gasteiger partial charge in [0.2, 0.25) is 0 Å². The molecule has 0 aromatic heterocycles. The maximum absolute atomic E-state index is 13.6. The summed E-state index contributed by atoms with van der Waals surface area (Å²) in [5, 5.41) is 3.21. The summed E-state index contributed by atoms with van der Waals surface area (Å²) in [5.74, 6) is -0.662. The minimum atomic E-state index is -0.334. The second kappa shape index (κ2) is 5.94. The van der Waals surface area contributed by atoms with Crippen molar-refractivity contribution in [2.24, 2.45) is 0 Å². The van der Waals surface area contributed by atoms with Gasteiger partial charge in [-0.1, -0.05) is 13.8 Å². The van der Waals surface area contributed by atoms with Crippen LogP contribution in [0.15, 0.2) is 12.1 Å². The van der Waals surface area contributed by atoms with Crippen LogP contribution >= 0.6 is 0 Å². The van der Waals surface area contributed by atoms with Crippen LogP contribution in [0.3, 0.4) is 0 Å². The molecule has 0 aliphatic rings. The number of hydrogen-bond donors (Lipinski definition) is 1. The van der Waals surface area contributed by atoms with Crippen LogP contribution in [0.2, 0.25) is 0 Å². The topological polar surface area (TPSA) is 12.0 Å². The van der Waals surface area contributed by atoms with Crippen LogP contribution in [0.25, 0.3) is 0 Å². The number of rotatable bonds is 5. The van der Waals surface area contributed by atoms with Crippen molar-refractivity contribution in [1.82, 2.24) is 5.32 Å². The number of nitrogens with one attached hydrogen (secondary N) is 1. The third-order valence-electron chi connectivity index (χ3n) is 2.69. The molecule has 0 saturated carbocycles. The van der Waals surface area contributed by atoms with Crippen molar-refractivity contribution >= 4 is 0 Å². The predicted molar refractivity (Wildman–Crippen MR) is 62.7 cm³/mol. The van der Waals surface area contributed by atoms with Crippen molar-refractivity contribution in [2.45, 2.75) is 33.1 Å². The summed E-state index contributed by atoms with van der Waals surface area (Å²) < 4.78 is 26.9. The fourth-order valence-corrected chi connectivity index (χ4v) is 1.64. The maximum Gasteiger partial charge on any atom is 0.127 e. The van der Waals surface area contributed by atoms with E-state index in [1.54, 1.807) is 6.92 Å². The van der Waals surface area contributed by atoms with Crippen molar-refractivity contribution in [1.29, 1.82) is 0 Å². The van der Waals surface area contributed by atoms with Gasteiger partial charge < -0.3 is 5.32 Å². The van der Waals surface area contributed by atoms with E-state index in [1.165, 1.54) is 12.1 Å². The fourth-order valence-electron chi connectivity index (χ4n) is 1.64. The Morgan fingerprint density at radius 2 is 1.94 bits per heavy atom. The fraction of sp³-hybridized carbons (Fsp3) is 0.538. The van der Waals surface area contributed by atoms with Crippen molar-refractivity contribution in [3.05, 3.63) is 34.9 Å². The molecule has 0 radical (unpaired) electrons. The third kappa shape index (κ3) is 3.27. The van der Waals surface area contributed by atoms with Crippen molar-refractivity contribution in [3.8, 4) is 0 Å². The highest BCUT2D eigenvalue weighted by Gasteiger charge is 2.13. The van der Waals surface area contributed by atoms with E-state index in [-0.39, 0.29) is 17.6 Å². The Morgan fingerprint density at radius 1 is 1.25 bits per heavy atom. The molecule has 0 bridgehead atoms. The first kappa shape index (κ1) is 13.1. The summed E-state index contributed by atoms with van der Waals surface area (Å²) in [7, 11) is 0. The minimum Gasteiger partial charge on any atom is -0.316 e. The summed E-state index contributed by atoms with van der Waals surface area (Å²) in [6, 6.07) is 2.57. The summed E-state index contributed by atoms with van der Waals surface area (Å²) in [5.41, 5.74) is 0.807. The molecule has 1 rings (SSSR count). The first-order valence-corrected chi connectivity index (χ1v) is 5.72. The number of benzene rings is 1. The maximum atomic E-state index is 13.6. The number of halogens is 2. The van der Waals surface area contributed by atoms with E-state index in [4.69, 9.17) is 0 Å². The van der Waals surface area contributed by atoms with E-state index in [9.17, 15) is 8.78 Å². The molecule has 1 unspecified atom stereocenters. The lowest BCUT2D eigenvalue weighted by molar-refractivity contribution is 0.543. The molecular formula is C13H19F2N. The summed E-state index contributed by atoms with van der Waals surface area (Å²) in [6.45, 7) is 7.12. The van der Waals surface area contributed by atoms with Gasteiger partial charge >= 0.3 is 0 Å². The van der Waals surface area contributed by atoms with Gasteiger partial charge in [0.25, 0.3) is 0 Å². The molecule has 1 N–H and O–H groups in total. The monoisotopic (exact) mass is 227 g/mol. The molecule has 16 heavy (non-hydrogen) atoms. The van der Waals surface area contributed by atoms with Gasteiger partial charge in [-0.05, 0) is 49.1 Å². The smallest absolute Gasteiger partial charge is 0.127 e. The largest absolute Gasteiger partial charge is 0.316 e. The van der Waals surface area contributed by atoms with Crippen LogP contribution in [0, 0.1) is 18.6 Å². The lowest BCUT2D eigenvalue weighted by atomic mass is 9.99. The zero-order valence-corrected chi connectivity index (χ0v) is 10.1. The van der Waals surface area contributed by atoms with Crippen LogP contribution in [-0.2, 0) is 0 Å². The SMILES string of the molecule is CCCNCC(C)c1cc(F)c(C)cc1F. The molecule has 1 aromatic rings. The van der Waals surface area contributed by atoms with Crippen LogP contribution < -0.4 is 5.32 Å². The molecule has 90 valence electrons. The molecule has 3 heteroatoms. The van der Waals surface area contributed by atoms with E-state index in [0.717, 1.165) is 13.0 Å². The molecule has 1 nitrogen and oxygen atoms in total. The third-order valence-corrected chi connectivity index (χ3v) is 2.69. The van der Waals surface area contributed by atoms with Gasteiger partial charge in [-0.15, -0.1) is 0 Å².